The lowest BCUT2D eigenvalue weighted by Crippen LogP contribution is -2.60. The Morgan fingerprint density at radius 3 is 1.81 bits per heavy atom. The number of carboxylic acid groups (broad SMARTS) is 2. The molecule has 0 heterocycles. The van der Waals surface area contributed by atoms with Gasteiger partial charge in [-0.2, -0.15) is 11.8 Å². The molecular weight excluding hydrogens is 578 g/mol. The molecule has 11 N–H and O–H groups in total. The van der Waals surface area contributed by atoms with E-state index in [9.17, 15) is 44.1 Å². The predicted octanol–water partition coefficient (Wildman–Crippen LogP) is -3.11. The van der Waals surface area contributed by atoms with Crippen molar-refractivity contribution in [1.29, 1.82) is 0 Å². The molecule has 0 aliphatic carbocycles. The van der Waals surface area contributed by atoms with Crippen LogP contribution in [0.15, 0.2) is 24.3 Å². The van der Waals surface area contributed by atoms with Crippen molar-refractivity contribution in [3.8, 4) is 5.75 Å². The van der Waals surface area contributed by atoms with Crippen molar-refractivity contribution in [2.45, 2.75) is 55.9 Å². The molecule has 0 radical (unpaired) electrons. The predicted molar refractivity (Wildman–Crippen MR) is 149 cm³/mol. The summed E-state index contributed by atoms with van der Waals surface area (Å²) in [5, 5.41) is 55.9. The van der Waals surface area contributed by atoms with E-state index < -0.39 is 91.8 Å². The maximum Gasteiger partial charge on any atom is 0.326 e. The molecular formula is C25H37N5O11S. The quantitative estimate of drug-likeness (QED) is 0.0739. The highest BCUT2D eigenvalue weighted by Gasteiger charge is 2.31. The summed E-state index contributed by atoms with van der Waals surface area (Å²) in [5.41, 5.74) is 6.03. The summed E-state index contributed by atoms with van der Waals surface area (Å²) in [4.78, 5) is 73.5. The van der Waals surface area contributed by atoms with Gasteiger partial charge >= 0.3 is 11.9 Å². The molecule has 42 heavy (non-hydrogen) atoms. The topological polar surface area (TPSA) is 278 Å². The van der Waals surface area contributed by atoms with Gasteiger partial charge in [-0.1, -0.05) is 12.1 Å². The number of aliphatic hydroxyl groups is 2. The van der Waals surface area contributed by atoms with Crippen molar-refractivity contribution in [2.24, 2.45) is 5.73 Å². The van der Waals surface area contributed by atoms with E-state index >= 15 is 0 Å². The van der Waals surface area contributed by atoms with Crippen molar-refractivity contribution < 1.29 is 54.3 Å². The zero-order valence-electron chi connectivity index (χ0n) is 22.8. The van der Waals surface area contributed by atoms with Crippen molar-refractivity contribution in [2.75, 3.05) is 25.2 Å². The second kappa shape index (κ2) is 18.5. The third-order valence-electron chi connectivity index (χ3n) is 5.86. The first-order valence-electron chi connectivity index (χ1n) is 12.7. The number of nitrogens with two attached hydrogens (primary N) is 1. The molecule has 0 spiro atoms. The van der Waals surface area contributed by atoms with Crippen LogP contribution in [0.25, 0.3) is 0 Å². The number of carboxylic acids is 2. The molecule has 0 unspecified atom stereocenters. The van der Waals surface area contributed by atoms with Gasteiger partial charge in [-0.05, 0) is 42.5 Å². The number of aliphatic hydroxyl groups excluding tert-OH is 2. The molecule has 16 nitrogen and oxygen atoms in total. The van der Waals surface area contributed by atoms with Gasteiger partial charge < -0.3 is 52.5 Å². The lowest BCUT2D eigenvalue weighted by molar-refractivity contribution is -0.143. The Hall–Kier alpha value is -3.93. The molecule has 0 aromatic heterocycles. The molecule has 0 aliphatic heterocycles. The van der Waals surface area contributed by atoms with E-state index in [2.05, 4.69) is 21.3 Å². The smallest absolute Gasteiger partial charge is 0.326 e. The normalized spacial score (nSPS) is 14.4. The highest BCUT2D eigenvalue weighted by Crippen LogP contribution is 2.12. The number of hydrogen-bond donors (Lipinski definition) is 10. The maximum atomic E-state index is 13.1. The van der Waals surface area contributed by atoms with Gasteiger partial charge in [0.1, 0.15) is 36.0 Å². The van der Waals surface area contributed by atoms with Crippen LogP contribution < -0.4 is 27.0 Å². The average Bonchev–Trinajstić information content (AvgIpc) is 2.95. The maximum absolute atomic E-state index is 13.1. The summed E-state index contributed by atoms with van der Waals surface area (Å²) in [6.45, 7) is -1.62. The highest BCUT2D eigenvalue weighted by molar-refractivity contribution is 7.98. The van der Waals surface area contributed by atoms with Crippen LogP contribution in [-0.2, 0) is 35.2 Å². The molecule has 0 aliphatic rings. The number of aliphatic carboxylic acids is 2. The lowest BCUT2D eigenvalue weighted by atomic mass is 10.0. The standard InChI is InChI=1S/C25H37N5O11S/c1-42-9-8-16(22(37)28-17(25(40)41)6-7-20(34)35)27-24(39)19(12-32)30-23(38)18(29-21(36)15(26)11-31)10-13-2-4-14(33)5-3-13/h2-5,15-19,31-33H,6-12,26H2,1H3,(H,27,39)(H,28,37)(H,29,36)(H,30,38)(H,34,35)(H,40,41)/t15-,16-,17-,18-,19-/m0/s1. The van der Waals surface area contributed by atoms with Crippen LogP contribution in [0, 0.1) is 0 Å². The van der Waals surface area contributed by atoms with Crippen LogP contribution in [0.3, 0.4) is 0 Å². The second-order valence-corrected chi connectivity index (χ2v) is 10.1. The highest BCUT2D eigenvalue weighted by atomic mass is 32.2. The number of aromatic hydroxyl groups is 1. The number of nitrogens with one attached hydrogen (secondary N) is 4. The van der Waals surface area contributed by atoms with E-state index in [0.29, 0.717) is 11.3 Å². The van der Waals surface area contributed by atoms with Gasteiger partial charge in [0.2, 0.25) is 23.6 Å². The molecule has 0 bridgehead atoms. The van der Waals surface area contributed by atoms with Crippen LogP contribution in [-0.4, -0.2) is 117 Å². The number of carbonyl (C=O) groups excluding carboxylic acids is 4. The van der Waals surface area contributed by atoms with Crippen molar-refractivity contribution in [3.63, 3.8) is 0 Å². The van der Waals surface area contributed by atoms with E-state index in [1.807, 2.05) is 0 Å². The van der Waals surface area contributed by atoms with Gasteiger partial charge in [0.05, 0.1) is 13.2 Å². The van der Waals surface area contributed by atoms with Gasteiger partial charge in [0.15, 0.2) is 0 Å². The number of phenolic OH excluding ortho intramolecular Hbond substituents is 1. The minimum atomic E-state index is -1.60. The number of hydrogen-bond acceptors (Lipinski definition) is 11. The van der Waals surface area contributed by atoms with Crippen LogP contribution >= 0.6 is 11.8 Å². The van der Waals surface area contributed by atoms with Gasteiger partial charge in [0.25, 0.3) is 0 Å². The van der Waals surface area contributed by atoms with Crippen molar-refractivity contribution in [3.05, 3.63) is 29.8 Å². The Bertz CT molecular complexity index is 1090. The summed E-state index contributed by atoms with van der Waals surface area (Å²) >= 11 is 1.33. The molecule has 4 amide bonds. The Labute approximate surface area is 245 Å². The number of rotatable bonds is 19. The average molecular weight is 616 g/mol. The molecule has 0 saturated heterocycles. The molecule has 5 atom stereocenters. The van der Waals surface area contributed by atoms with Crippen LogP contribution in [0.2, 0.25) is 0 Å². The summed E-state index contributed by atoms with van der Waals surface area (Å²) in [6, 6.07) is -1.43. The fourth-order valence-electron chi connectivity index (χ4n) is 3.48. The summed E-state index contributed by atoms with van der Waals surface area (Å²) in [5.74, 6) is -6.11. The molecule has 17 heteroatoms. The number of phenols is 1. The number of carbonyl (C=O) groups is 6. The molecule has 234 valence electrons. The monoisotopic (exact) mass is 615 g/mol. The van der Waals surface area contributed by atoms with Crippen LogP contribution in [0.1, 0.15) is 24.8 Å². The Morgan fingerprint density at radius 1 is 0.762 bits per heavy atom. The number of benzene rings is 1. The lowest BCUT2D eigenvalue weighted by Gasteiger charge is -2.25. The summed E-state index contributed by atoms with van der Waals surface area (Å²) in [7, 11) is 0. The van der Waals surface area contributed by atoms with E-state index in [4.69, 9.17) is 15.9 Å². The minimum absolute atomic E-state index is 0.0364. The molecule has 1 aromatic rings. The first kappa shape index (κ1) is 36.1. The third kappa shape index (κ3) is 12.7. The van der Waals surface area contributed by atoms with E-state index in [1.54, 1.807) is 6.26 Å². The van der Waals surface area contributed by atoms with E-state index in [-0.39, 0.29) is 18.6 Å². The van der Waals surface area contributed by atoms with Crippen molar-refractivity contribution in [1.82, 2.24) is 21.3 Å². The van der Waals surface area contributed by atoms with Gasteiger partial charge in [0, 0.05) is 12.8 Å². The molecule has 1 rings (SSSR count). The van der Waals surface area contributed by atoms with Crippen LogP contribution in [0.5, 0.6) is 5.75 Å². The largest absolute Gasteiger partial charge is 0.508 e. The first-order valence-corrected chi connectivity index (χ1v) is 14.1. The Morgan fingerprint density at radius 2 is 1.29 bits per heavy atom. The van der Waals surface area contributed by atoms with Gasteiger partial charge in [-0.25, -0.2) is 4.79 Å². The number of amides is 4. The zero-order chi connectivity index (χ0) is 31.8. The molecule has 0 saturated carbocycles. The fraction of sp³-hybridized carbons (Fsp3) is 0.520. The van der Waals surface area contributed by atoms with Gasteiger partial charge in [-0.15, -0.1) is 0 Å². The van der Waals surface area contributed by atoms with Crippen LogP contribution in [0.4, 0.5) is 0 Å². The SMILES string of the molecule is CSCC[C@H](NC(=O)[C@H](CO)NC(=O)[C@H](Cc1ccc(O)cc1)NC(=O)[C@@H](N)CO)C(=O)N[C@@H](CCC(=O)O)C(=O)O. The first-order chi connectivity index (χ1) is 19.8. The van der Waals surface area contributed by atoms with E-state index in [0.717, 1.165) is 0 Å². The Balaban J connectivity index is 3.06. The zero-order valence-corrected chi connectivity index (χ0v) is 23.6. The van der Waals surface area contributed by atoms with E-state index in [1.165, 1.54) is 36.0 Å². The number of thioether (sulfide) groups is 1. The van der Waals surface area contributed by atoms with Gasteiger partial charge in [-0.3, -0.25) is 24.0 Å². The minimum Gasteiger partial charge on any atom is -0.508 e. The third-order valence-corrected chi connectivity index (χ3v) is 6.51. The second-order valence-electron chi connectivity index (χ2n) is 9.14. The fourth-order valence-corrected chi connectivity index (χ4v) is 3.95. The molecule has 0 fully saturated rings. The summed E-state index contributed by atoms with van der Waals surface area (Å²) in [6.07, 6.45) is 0.716. The van der Waals surface area contributed by atoms with Crippen molar-refractivity contribution >= 4 is 47.3 Å². The Kier molecular flexibility index (Phi) is 15.9. The summed E-state index contributed by atoms with van der Waals surface area (Å²) < 4.78 is 0. The molecule has 1 aromatic carbocycles.